The second-order valence-corrected chi connectivity index (χ2v) is 7.37. The van der Waals surface area contributed by atoms with Crippen molar-refractivity contribution in [2.75, 3.05) is 19.6 Å². The number of aryl methyl sites for hydroxylation is 1. The molecule has 24 heavy (non-hydrogen) atoms. The molecule has 1 fully saturated rings. The van der Waals surface area contributed by atoms with Crippen LogP contribution in [0.15, 0.2) is 41.6 Å². The van der Waals surface area contributed by atoms with E-state index in [2.05, 4.69) is 10.3 Å². The quantitative estimate of drug-likeness (QED) is 0.640. The van der Waals surface area contributed by atoms with Crippen molar-refractivity contribution in [1.82, 2.24) is 19.2 Å². The molecule has 0 radical (unpaired) electrons. The van der Waals surface area contributed by atoms with E-state index < -0.39 is 21.0 Å². The van der Waals surface area contributed by atoms with Gasteiger partial charge in [-0.3, -0.25) is 10.1 Å². The number of rotatable bonds is 4. The van der Waals surface area contributed by atoms with E-state index in [4.69, 9.17) is 0 Å². The minimum absolute atomic E-state index is 0.0363. The van der Waals surface area contributed by atoms with Gasteiger partial charge in [-0.05, 0) is 12.1 Å². The lowest BCUT2D eigenvalue weighted by Crippen LogP contribution is -2.49. The van der Waals surface area contributed by atoms with Gasteiger partial charge in [-0.25, -0.2) is 13.4 Å². The summed E-state index contributed by atoms with van der Waals surface area (Å²) in [5.41, 5.74) is -0.144. The van der Waals surface area contributed by atoms with Crippen LogP contribution in [0.25, 0.3) is 0 Å². The zero-order valence-corrected chi connectivity index (χ0v) is 13.8. The molecule has 2 heterocycles. The third-order valence-electron chi connectivity index (χ3n) is 4.00. The second-order valence-electron chi connectivity index (χ2n) is 5.48. The monoisotopic (exact) mass is 351 g/mol. The Balaban J connectivity index is 1.97. The van der Waals surface area contributed by atoms with E-state index in [9.17, 15) is 18.5 Å². The van der Waals surface area contributed by atoms with Crippen molar-refractivity contribution >= 4 is 15.7 Å². The molecule has 1 aliphatic heterocycles. The first-order valence-corrected chi connectivity index (χ1v) is 8.79. The zero-order chi connectivity index (χ0) is 17.3. The molecule has 0 bridgehead atoms. The van der Waals surface area contributed by atoms with Gasteiger partial charge >= 0.3 is 0 Å². The van der Waals surface area contributed by atoms with Gasteiger partial charge in [-0.2, -0.15) is 4.31 Å². The maximum Gasteiger partial charge on any atom is 0.269 e. The number of aromatic nitrogens is 2. The van der Waals surface area contributed by atoms with Crippen molar-refractivity contribution in [1.29, 1.82) is 0 Å². The highest BCUT2D eigenvalue weighted by Gasteiger charge is 2.36. The number of hydrogen-bond acceptors (Lipinski definition) is 6. The summed E-state index contributed by atoms with van der Waals surface area (Å²) < 4.78 is 29.1. The Morgan fingerprint density at radius 3 is 2.62 bits per heavy atom. The van der Waals surface area contributed by atoms with Crippen molar-refractivity contribution in [2.45, 2.75) is 10.9 Å². The molecule has 1 aromatic carbocycles. The molecule has 1 atom stereocenters. The third kappa shape index (κ3) is 2.90. The molecule has 0 saturated carbocycles. The van der Waals surface area contributed by atoms with E-state index in [1.54, 1.807) is 17.0 Å². The molecule has 1 aliphatic rings. The Morgan fingerprint density at radius 1 is 1.33 bits per heavy atom. The van der Waals surface area contributed by atoms with Crippen molar-refractivity contribution in [2.24, 2.45) is 7.05 Å². The van der Waals surface area contributed by atoms with Gasteiger partial charge in [0.15, 0.2) is 0 Å². The minimum Gasteiger partial charge on any atom is -0.337 e. The van der Waals surface area contributed by atoms with Gasteiger partial charge in [0.05, 0.1) is 15.9 Å². The van der Waals surface area contributed by atoms with E-state index in [0.29, 0.717) is 25.5 Å². The number of non-ortho nitro benzene ring substituents is 1. The highest BCUT2D eigenvalue weighted by Crippen LogP contribution is 2.28. The van der Waals surface area contributed by atoms with Gasteiger partial charge in [0.1, 0.15) is 5.82 Å². The number of piperazine rings is 1. The molecule has 9 nitrogen and oxygen atoms in total. The molecule has 2 aromatic rings. The lowest BCUT2D eigenvalue weighted by molar-refractivity contribution is -0.384. The highest BCUT2D eigenvalue weighted by atomic mass is 32.2. The second kappa shape index (κ2) is 6.30. The van der Waals surface area contributed by atoms with E-state index >= 15 is 0 Å². The smallest absolute Gasteiger partial charge is 0.269 e. The van der Waals surface area contributed by atoms with E-state index in [-0.39, 0.29) is 10.6 Å². The summed E-state index contributed by atoms with van der Waals surface area (Å²) in [4.78, 5) is 14.5. The summed E-state index contributed by atoms with van der Waals surface area (Å²) in [6, 6.07) is 4.50. The van der Waals surface area contributed by atoms with Crippen LogP contribution in [0.4, 0.5) is 5.69 Å². The van der Waals surface area contributed by atoms with Crippen molar-refractivity contribution in [3.05, 3.63) is 52.6 Å². The van der Waals surface area contributed by atoms with Gasteiger partial charge in [-0.15, -0.1) is 0 Å². The van der Waals surface area contributed by atoms with Crippen LogP contribution in [0.2, 0.25) is 0 Å². The average molecular weight is 351 g/mol. The predicted octanol–water partition coefficient (Wildman–Crippen LogP) is 0.664. The standard InChI is InChI=1S/C14H17N5O4S/c1-17-8-7-16-14(17)13-10-15-6-9-18(13)24(22,23)12-4-2-11(3-5-12)19(20)21/h2-5,7-8,13,15H,6,9-10H2,1H3. The molecule has 10 heteroatoms. The minimum atomic E-state index is -3.78. The van der Waals surface area contributed by atoms with Crippen molar-refractivity contribution in [3.8, 4) is 0 Å². The topological polar surface area (TPSA) is 110 Å². The molecular formula is C14H17N5O4S. The number of hydrogen-bond donors (Lipinski definition) is 1. The molecular weight excluding hydrogens is 334 g/mol. The number of imidazole rings is 1. The van der Waals surface area contributed by atoms with Crippen molar-refractivity contribution < 1.29 is 13.3 Å². The van der Waals surface area contributed by atoms with Crippen LogP contribution in [0, 0.1) is 10.1 Å². The predicted molar refractivity (Wildman–Crippen MR) is 85.8 cm³/mol. The van der Waals surface area contributed by atoms with Gasteiger partial charge < -0.3 is 9.88 Å². The maximum absolute atomic E-state index is 13.0. The van der Waals surface area contributed by atoms with Crippen LogP contribution in [0.3, 0.4) is 0 Å². The molecule has 0 spiro atoms. The Hall–Kier alpha value is -2.30. The molecule has 1 N–H and O–H groups in total. The van der Waals surface area contributed by atoms with E-state index in [1.807, 2.05) is 7.05 Å². The van der Waals surface area contributed by atoms with Crippen LogP contribution in [-0.4, -0.2) is 46.8 Å². The molecule has 3 rings (SSSR count). The Morgan fingerprint density at radius 2 is 2.04 bits per heavy atom. The maximum atomic E-state index is 13.0. The summed E-state index contributed by atoms with van der Waals surface area (Å²) in [7, 11) is -1.97. The first kappa shape index (κ1) is 16.6. The van der Waals surface area contributed by atoms with E-state index in [1.165, 1.54) is 28.6 Å². The third-order valence-corrected chi connectivity index (χ3v) is 5.93. The van der Waals surface area contributed by atoms with Crippen LogP contribution < -0.4 is 5.32 Å². The fourth-order valence-electron chi connectivity index (χ4n) is 2.77. The van der Waals surface area contributed by atoms with Gasteiger partial charge in [0.2, 0.25) is 10.0 Å². The van der Waals surface area contributed by atoms with Gasteiger partial charge in [0, 0.05) is 51.2 Å². The fraction of sp³-hybridized carbons (Fsp3) is 0.357. The van der Waals surface area contributed by atoms with Crippen molar-refractivity contribution in [3.63, 3.8) is 0 Å². The summed E-state index contributed by atoms with van der Waals surface area (Å²) >= 11 is 0. The normalized spacial score (nSPS) is 19.3. The number of nitro benzene ring substituents is 1. The number of benzene rings is 1. The largest absolute Gasteiger partial charge is 0.337 e. The molecule has 0 amide bonds. The fourth-order valence-corrected chi connectivity index (χ4v) is 4.35. The summed E-state index contributed by atoms with van der Waals surface area (Å²) in [6.07, 6.45) is 3.39. The van der Waals surface area contributed by atoms with E-state index in [0.717, 1.165) is 0 Å². The number of nitro groups is 1. The lowest BCUT2D eigenvalue weighted by Gasteiger charge is -2.34. The SMILES string of the molecule is Cn1ccnc1C1CNCCN1S(=O)(=O)c1ccc([N+](=O)[O-])cc1. The summed E-state index contributed by atoms with van der Waals surface area (Å²) in [5.74, 6) is 0.646. The van der Waals surface area contributed by atoms with Crippen LogP contribution in [-0.2, 0) is 17.1 Å². The summed E-state index contributed by atoms with van der Waals surface area (Å²) in [5, 5.41) is 13.9. The molecule has 1 unspecified atom stereocenters. The first-order chi connectivity index (χ1) is 11.4. The Labute approximate surface area is 139 Å². The molecule has 1 saturated heterocycles. The molecule has 1 aromatic heterocycles. The average Bonchev–Trinajstić information content (AvgIpc) is 3.01. The van der Waals surface area contributed by atoms with Gasteiger partial charge in [0.25, 0.3) is 5.69 Å². The van der Waals surface area contributed by atoms with Crippen LogP contribution >= 0.6 is 0 Å². The number of sulfonamides is 1. The lowest BCUT2D eigenvalue weighted by atomic mass is 10.2. The number of nitrogens with one attached hydrogen (secondary N) is 1. The van der Waals surface area contributed by atoms with Gasteiger partial charge in [-0.1, -0.05) is 0 Å². The van der Waals surface area contributed by atoms with Crippen LogP contribution in [0.1, 0.15) is 11.9 Å². The van der Waals surface area contributed by atoms with Crippen LogP contribution in [0.5, 0.6) is 0 Å². The molecule has 0 aliphatic carbocycles. The Bertz CT molecular complexity index is 846. The number of nitrogens with zero attached hydrogens (tertiary/aromatic N) is 4. The first-order valence-electron chi connectivity index (χ1n) is 7.35. The zero-order valence-electron chi connectivity index (χ0n) is 13.0. The summed E-state index contributed by atoms with van der Waals surface area (Å²) in [6.45, 7) is 1.29. The molecule has 128 valence electrons. The highest BCUT2D eigenvalue weighted by molar-refractivity contribution is 7.89. The Kier molecular flexibility index (Phi) is 4.35.